The first-order valence-corrected chi connectivity index (χ1v) is 12.1. The normalized spacial score (nSPS) is 23.1. The highest BCUT2D eigenvalue weighted by Gasteiger charge is 2.38. The van der Waals surface area contributed by atoms with E-state index in [4.69, 9.17) is 4.98 Å². The lowest BCUT2D eigenvalue weighted by atomic mass is 9.73. The molecule has 30 heavy (non-hydrogen) atoms. The molecular formula is C23H39N3O3S. The molecule has 0 bridgehead atoms. The van der Waals surface area contributed by atoms with Crippen molar-refractivity contribution in [1.29, 1.82) is 0 Å². The Bertz CT molecular complexity index is 716. The zero-order valence-electron chi connectivity index (χ0n) is 19.5. The number of aromatic nitrogens is 1. The van der Waals surface area contributed by atoms with Crippen LogP contribution in [0.5, 0.6) is 0 Å². The van der Waals surface area contributed by atoms with Crippen LogP contribution in [-0.2, 0) is 11.3 Å². The number of nitrogens with zero attached hydrogens (tertiary/aromatic N) is 2. The predicted molar refractivity (Wildman–Crippen MR) is 122 cm³/mol. The first kappa shape index (κ1) is 24.6. The van der Waals surface area contributed by atoms with Gasteiger partial charge in [0.05, 0.1) is 17.2 Å². The van der Waals surface area contributed by atoms with Gasteiger partial charge in [-0.05, 0) is 36.5 Å². The zero-order valence-corrected chi connectivity index (χ0v) is 20.3. The van der Waals surface area contributed by atoms with Crippen molar-refractivity contribution < 1.29 is 14.7 Å². The number of nitrogens with one attached hydrogen (secondary N) is 1. The molecule has 1 fully saturated rings. The van der Waals surface area contributed by atoms with Crippen LogP contribution < -0.4 is 5.32 Å². The summed E-state index contributed by atoms with van der Waals surface area (Å²) in [6.45, 7) is 15.0. The maximum absolute atomic E-state index is 13.4. The Morgan fingerprint density at radius 3 is 2.40 bits per heavy atom. The van der Waals surface area contributed by atoms with Crippen molar-refractivity contribution in [3.63, 3.8) is 0 Å². The standard InChI is InChI=1S/C23H39N3O3S/c1-13(2)18-9-8-16(7)10-19(18)26(11-17-12-30-21(24-17)15(5)6)23(29)25-20(14(3)4)22(27)28/h12-16,18-20H,8-11H2,1-7H3,(H,25,29)(H,27,28)/t16?,18?,19?,20-/m0/s1. The molecule has 2 amide bonds. The number of rotatable bonds is 8. The molecule has 1 saturated carbocycles. The van der Waals surface area contributed by atoms with Crippen LogP contribution in [0.15, 0.2) is 5.38 Å². The van der Waals surface area contributed by atoms with Crippen molar-refractivity contribution in [2.45, 2.75) is 92.3 Å². The van der Waals surface area contributed by atoms with Gasteiger partial charge in [0.1, 0.15) is 6.04 Å². The molecule has 1 aliphatic carbocycles. The average Bonchev–Trinajstić information content (AvgIpc) is 3.12. The maximum atomic E-state index is 13.4. The minimum Gasteiger partial charge on any atom is -0.480 e. The van der Waals surface area contributed by atoms with Crippen molar-refractivity contribution in [1.82, 2.24) is 15.2 Å². The molecule has 2 rings (SSSR count). The quantitative estimate of drug-likeness (QED) is 0.574. The number of amides is 2. The van der Waals surface area contributed by atoms with Crippen molar-refractivity contribution >= 4 is 23.3 Å². The van der Waals surface area contributed by atoms with Crippen LogP contribution in [0.2, 0.25) is 0 Å². The van der Waals surface area contributed by atoms with Gasteiger partial charge in [-0.1, -0.05) is 54.9 Å². The number of carboxylic acid groups (broad SMARTS) is 1. The summed E-state index contributed by atoms with van der Waals surface area (Å²) in [7, 11) is 0. The maximum Gasteiger partial charge on any atom is 0.326 e. The number of thiazole rings is 1. The number of carbonyl (C=O) groups excluding carboxylic acids is 1. The molecule has 0 aliphatic heterocycles. The van der Waals surface area contributed by atoms with Crippen LogP contribution in [0.3, 0.4) is 0 Å². The predicted octanol–water partition coefficient (Wildman–Crippen LogP) is 5.35. The fraction of sp³-hybridized carbons (Fsp3) is 0.783. The molecule has 1 aliphatic rings. The van der Waals surface area contributed by atoms with Gasteiger partial charge in [-0.15, -0.1) is 11.3 Å². The van der Waals surface area contributed by atoms with E-state index in [1.165, 1.54) is 6.42 Å². The molecule has 6 nitrogen and oxygen atoms in total. The molecule has 0 radical (unpaired) electrons. The van der Waals surface area contributed by atoms with Gasteiger partial charge >= 0.3 is 12.0 Å². The summed E-state index contributed by atoms with van der Waals surface area (Å²) in [5.74, 6) is 0.568. The second kappa shape index (κ2) is 10.6. The Morgan fingerprint density at radius 2 is 1.90 bits per heavy atom. The highest BCUT2D eigenvalue weighted by Crippen LogP contribution is 2.37. The van der Waals surface area contributed by atoms with E-state index < -0.39 is 12.0 Å². The van der Waals surface area contributed by atoms with Gasteiger partial charge in [-0.2, -0.15) is 0 Å². The van der Waals surface area contributed by atoms with Gasteiger partial charge in [0.25, 0.3) is 0 Å². The third-order valence-electron chi connectivity index (χ3n) is 6.26. The van der Waals surface area contributed by atoms with E-state index in [1.807, 2.05) is 24.1 Å². The molecule has 2 N–H and O–H groups in total. The van der Waals surface area contributed by atoms with Gasteiger partial charge in [0.15, 0.2) is 0 Å². The fourth-order valence-corrected chi connectivity index (χ4v) is 5.24. The third kappa shape index (κ3) is 6.19. The SMILES string of the molecule is CC1CCC(C(C)C)C(N(Cc2csc(C(C)C)n2)C(=O)N[C@H](C(=O)O)C(C)C)C1. The van der Waals surface area contributed by atoms with Crippen LogP contribution >= 0.6 is 11.3 Å². The van der Waals surface area contributed by atoms with Crippen LogP contribution in [0.4, 0.5) is 4.79 Å². The summed E-state index contributed by atoms with van der Waals surface area (Å²) in [5, 5.41) is 15.5. The smallest absolute Gasteiger partial charge is 0.326 e. The molecule has 4 atom stereocenters. The topological polar surface area (TPSA) is 82.5 Å². The number of hydrogen-bond donors (Lipinski definition) is 2. The molecule has 7 heteroatoms. The van der Waals surface area contributed by atoms with E-state index >= 15 is 0 Å². The number of aliphatic carboxylic acids is 1. The van der Waals surface area contributed by atoms with Crippen LogP contribution in [0.1, 0.15) is 84.3 Å². The average molecular weight is 438 g/mol. The van der Waals surface area contributed by atoms with Gasteiger partial charge in [0.2, 0.25) is 0 Å². The van der Waals surface area contributed by atoms with E-state index in [-0.39, 0.29) is 18.0 Å². The van der Waals surface area contributed by atoms with Gasteiger partial charge in [-0.3, -0.25) is 0 Å². The summed E-state index contributed by atoms with van der Waals surface area (Å²) in [6.07, 6.45) is 3.21. The number of carbonyl (C=O) groups is 2. The summed E-state index contributed by atoms with van der Waals surface area (Å²) >= 11 is 1.63. The highest BCUT2D eigenvalue weighted by atomic mass is 32.1. The fourth-order valence-electron chi connectivity index (χ4n) is 4.41. The Hall–Kier alpha value is -1.63. The van der Waals surface area contributed by atoms with Gasteiger partial charge < -0.3 is 15.3 Å². The summed E-state index contributed by atoms with van der Waals surface area (Å²) in [4.78, 5) is 31.7. The first-order valence-electron chi connectivity index (χ1n) is 11.2. The van der Waals surface area contributed by atoms with Gasteiger partial charge in [0, 0.05) is 17.3 Å². The van der Waals surface area contributed by atoms with E-state index in [0.717, 1.165) is 23.5 Å². The molecule has 0 saturated heterocycles. The largest absolute Gasteiger partial charge is 0.480 e. The second-order valence-electron chi connectivity index (χ2n) is 9.86. The van der Waals surface area contributed by atoms with Crippen LogP contribution in [0, 0.1) is 23.7 Å². The van der Waals surface area contributed by atoms with E-state index in [0.29, 0.717) is 30.2 Å². The molecule has 1 aromatic heterocycles. The van der Waals surface area contributed by atoms with Crippen molar-refractivity contribution in [2.75, 3.05) is 0 Å². The Morgan fingerprint density at radius 1 is 1.23 bits per heavy atom. The first-order chi connectivity index (χ1) is 14.0. The number of carboxylic acids is 1. The van der Waals surface area contributed by atoms with Crippen molar-refractivity contribution in [3.05, 3.63) is 16.1 Å². The Labute approximate surface area is 185 Å². The van der Waals surface area contributed by atoms with Crippen molar-refractivity contribution in [3.8, 4) is 0 Å². The van der Waals surface area contributed by atoms with E-state index in [2.05, 4.69) is 39.9 Å². The lowest BCUT2D eigenvalue weighted by molar-refractivity contribution is -0.140. The monoisotopic (exact) mass is 437 g/mol. The zero-order chi connectivity index (χ0) is 22.6. The van der Waals surface area contributed by atoms with Crippen LogP contribution in [-0.4, -0.2) is 39.1 Å². The number of urea groups is 1. The molecule has 1 aromatic rings. The lowest BCUT2D eigenvalue weighted by Crippen LogP contribution is -2.55. The Kier molecular flexibility index (Phi) is 8.71. The van der Waals surface area contributed by atoms with Gasteiger partial charge in [-0.25, -0.2) is 14.6 Å². The highest BCUT2D eigenvalue weighted by molar-refractivity contribution is 7.09. The minimum atomic E-state index is -0.994. The molecule has 170 valence electrons. The lowest BCUT2D eigenvalue weighted by Gasteiger charge is -2.44. The summed E-state index contributed by atoms with van der Waals surface area (Å²) in [6, 6.07) is -1.11. The molecule has 0 spiro atoms. The van der Waals surface area contributed by atoms with Crippen molar-refractivity contribution in [2.24, 2.45) is 23.7 Å². The molecule has 3 unspecified atom stereocenters. The molecule has 1 heterocycles. The van der Waals surface area contributed by atoms with Crippen LogP contribution in [0.25, 0.3) is 0 Å². The Balaban J connectivity index is 2.34. The molecular weight excluding hydrogens is 398 g/mol. The summed E-state index contributed by atoms with van der Waals surface area (Å²) < 4.78 is 0. The van der Waals surface area contributed by atoms with E-state index in [9.17, 15) is 14.7 Å². The third-order valence-corrected chi connectivity index (χ3v) is 7.45. The minimum absolute atomic E-state index is 0.0829. The van der Waals surface area contributed by atoms with E-state index in [1.54, 1.807) is 11.3 Å². The second-order valence-corrected chi connectivity index (χ2v) is 10.8. The summed E-state index contributed by atoms with van der Waals surface area (Å²) in [5.41, 5.74) is 0.885. The molecule has 0 aromatic carbocycles. The number of hydrogen-bond acceptors (Lipinski definition) is 4.